The summed E-state index contributed by atoms with van der Waals surface area (Å²) < 4.78 is 34.5. The van der Waals surface area contributed by atoms with Gasteiger partial charge in [-0.3, -0.25) is 14.3 Å². The summed E-state index contributed by atoms with van der Waals surface area (Å²) in [5, 5.41) is 0. The standard InChI is InChI=1S/C31H52NO5P/c1-20(2)16-30(33)35-31(27-10-9-15-32-19-27)38(34,36-28-17-25(21(3)4)13-11-23(28)7)37-29-18-26(22(5)6)14-12-24(29)8/h9-10,15,19-26,28-29,31H,11-14,16-18H2,1-8H3/t23-,24+,25+,26-,28-,29-,31+,38?/m1/s1. The molecule has 1 aromatic rings. The molecule has 38 heavy (non-hydrogen) atoms. The second-order valence-electron chi connectivity index (χ2n) is 13.1. The Morgan fingerprint density at radius 1 is 0.921 bits per heavy atom. The van der Waals surface area contributed by atoms with E-state index in [0.717, 1.165) is 38.5 Å². The minimum atomic E-state index is -3.96. The highest BCUT2D eigenvalue weighted by Crippen LogP contribution is 2.65. The van der Waals surface area contributed by atoms with Gasteiger partial charge in [-0.15, -0.1) is 0 Å². The maximum absolute atomic E-state index is 15.2. The molecule has 8 atom stereocenters. The topological polar surface area (TPSA) is 74.7 Å². The summed E-state index contributed by atoms with van der Waals surface area (Å²) in [6.45, 7) is 17.3. The van der Waals surface area contributed by atoms with Gasteiger partial charge in [0, 0.05) is 24.4 Å². The second kappa shape index (κ2) is 13.9. The number of pyridine rings is 1. The Bertz CT molecular complexity index is 882. The van der Waals surface area contributed by atoms with Crippen LogP contribution in [0.5, 0.6) is 0 Å². The van der Waals surface area contributed by atoms with Gasteiger partial charge in [-0.25, -0.2) is 0 Å². The van der Waals surface area contributed by atoms with Gasteiger partial charge in [-0.2, -0.15) is 0 Å². The molecule has 0 radical (unpaired) electrons. The highest BCUT2D eigenvalue weighted by Gasteiger charge is 2.48. The molecule has 2 fully saturated rings. The molecule has 2 aliphatic rings. The van der Waals surface area contributed by atoms with Gasteiger partial charge in [0.05, 0.1) is 12.2 Å². The van der Waals surface area contributed by atoms with Crippen LogP contribution in [0.2, 0.25) is 0 Å². The summed E-state index contributed by atoms with van der Waals surface area (Å²) in [6.07, 6.45) is 9.09. The van der Waals surface area contributed by atoms with Crippen molar-refractivity contribution in [1.29, 1.82) is 0 Å². The number of carbonyl (C=O) groups excluding carboxylic acids is 1. The van der Waals surface area contributed by atoms with E-state index in [1.807, 2.05) is 19.9 Å². The van der Waals surface area contributed by atoms with Crippen molar-refractivity contribution in [2.45, 2.75) is 118 Å². The largest absolute Gasteiger partial charge is 0.444 e. The van der Waals surface area contributed by atoms with Crippen molar-refractivity contribution in [1.82, 2.24) is 4.98 Å². The van der Waals surface area contributed by atoms with Crippen LogP contribution in [0, 0.1) is 41.4 Å². The molecule has 0 N–H and O–H groups in total. The molecule has 2 saturated carbocycles. The first-order valence-electron chi connectivity index (χ1n) is 15.0. The third kappa shape index (κ3) is 8.38. The highest BCUT2D eigenvalue weighted by atomic mass is 31.2. The van der Waals surface area contributed by atoms with Crippen LogP contribution >= 0.6 is 7.60 Å². The van der Waals surface area contributed by atoms with E-state index in [1.165, 1.54) is 0 Å². The fraction of sp³-hybridized carbons (Fsp3) is 0.806. The predicted molar refractivity (Wildman–Crippen MR) is 153 cm³/mol. The Morgan fingerprint density at radius 3 is 1.87 bits per heavy atom. The normalized spacial score (nSPS) is 30.8. The fourth-order valence-electron chi connectivity index (χ4n) is 5.98. The first-order valence-corrected chi connectivity index (χ1v) is 16.6. The van der Waals surface area contributed by atoms with E-state index < -0.39 is 19.4 Å². The molecule has 216 valence electrons. The van der Waals surface area contributed by atoms with E-state index in [2.05, 4.69) is 46.5 Å². The third-order valence-electron chi connectivity index (χ3n) is 8.85. The van der Waals surface area contributed by atoms with Crippen LogP contribution in [0.25, 0.3) is 0 Å². The van der Waals surface area contributed by atoms with Crippen LogP contribution in [-0.2, 0) is 23.1 Å². The number of aromatic nitrogens is 1. The van der Waals surface area contributed by atoms with Crippen molar-refractivity contribution in [3.05, 3.63) is 30.1 Å². The van der Waals surface area contributed by atoms with Crippen LogP contribution < -0.4 is 0 Å². The van der Waals surface area contributed by atoms with Crippen molar-refractivity contribution in [3.63, 3.8) is 0 Å². The Hall–Kier alpha value is -1.23. The first kappa shape index (κ1) is 31.3. The first-order chi connectivity index (χ1) is 17.9. The van der Waals surface area contributed by atoms with Crippen LogP contribution in [-0.4, -0.2) is 23.2 Å². The SMILES string of the molecule is CC(C)CC(=O)O[C@H](c1cccnc1)P(=O)(O[C@@H]1C[C@@H](C(C)C)CC[C@H]1C)O[C@@H]1C[C@H](C(C)C)CC[C@@H]1C. The van der Waals surface area contributed by atoms with Crippen molar-refractivity contribution in [2.24, 2.45) is 41.4 Å². The van der Waals surface area contributed by atoms with Gasteiger partial charge in [0.15, 0.2) is 0 Å². The van der Waals surface area contributed by atoms with Gasteiger partial charge in [-0.05, 0) is 86.0 Å². The van der Waals surface area contributed by atoms with Gasteiger partial charge >= 0.3 is 13.6 Å². The third-order valence-corrected chi connectivity index (χ3v) is 11.0. The average molecular weight is 550 g/mol. The smallest absolute Gasteiger partial charge is 0.376 e. The van der Waals surface area contributed by atoms with Crippen molar-refractivity contribution < 1.29 is 23.1 Å². The zero-order chi connectivity index (χ0) is 28.0. The molecule has 1 heterocycles. The van der Waals surface area contributed by atoms with E-state index in [1.54, 1.807) is 18.5 Å². The molecule has 0 aromatic carbocycles. The molecule has 1 unspecified atom stereocenters. The number of ether oxygens (including phenoxy) is 1. The number of carbonyl (C=O) groups is 1. The number of hydrogen-bond donors (Lipinski definition) is 0. The summed E-state index contributed by atoms with van der Waals surface area (Å²) in [5.41, 5.74) is 0.556. The number of nitrogens with zero attached hydrogens (tertiary/aromatic N) is 1. The number of esters is 1. The lowest BCUT2D eigenvalue weighted by molar-refractivity contribution is -0.148. The highest BCUT2D eigenvalue weighted by molar-refractivity contribution is 7.54. The number of hydrogen-bond acceptors (Lipinski definition) is 6. The molecular formula is C31H52NO5P. The minimum Gasteiger partial charge on any atom is -0.444 e. The van der Waals surface area contributed by atoms with Gasteiger partial charge in [0.1, 0.15) is 0 Å². The lowest BCUT2D eigenvalue weighted by Gasteiger charge is -2.42. The molecular weight excluding hydrogens is 497 g/mol. The maximum Gasteiger partial charge on any atom is 0.376 e. The van der Waals surface area contributed by atoms with Crippen LogP contribution in [0.4, 0.5) is 0 Å². The maximum atomic E-state index is 15.2. The van der Waals surface area contributed by atoms with Gasteiger partial charge in [-0.1, -0.05) is 61.5 Å². The van der Waals surface area contributed by atoms with Crippen LogP contribution in [0.3, 0.4) is 0 Å². The molecule has 3 rings (SSSR count). The molecule has 2 aliphatic carbocycles. The summed E-state index contributed by atoms with van der Waals surface area (Å²) in [7, 11) is -3.96. The number of rotatable bonds is 11. The summed E-state index contributed by atoms with van der Waals surface area (Å²) in [5.74, 6) is 1.14. The van der Waals surface area contributed by atoms with E-state index in [4.69, 9.17) is 13.8 Å². The molecule has 0 aliphatic heterocycles. The molecule has 0 saturated heterocycles. The summed E-state index contributed by atoms with van der Waals surface area (Å²) in [4.78, 5) is 17.3. The van der Waals surface area contributed by atoms with Gasteiger partial charge in [0.25, 0.3) is 0 Å². The van der Waals surface area contributed by atoms with E-state index in [9.17, 15) is 4.79 Å². The molecule has 7 heteroatoms. The van der Waals surface area contributed by atoms with Crippen LogP contribution in [0.15, 0.2) is 24.5 Å². The summed E-state index contributed by atoms with van der Waals surface area (Å²) >= 11 is 0. The zero-order valence-corrected chi connectivity index (χ0v) is 25.9. The molecule has 0 amide bonds. The Kier molecular flexibility index (Phi) is 11.5. The van der Waals surface area contributed by atoms with Crippen molar-refractivity contribution in [2.75, 3.05) is 0 Å². The Labute approximate surface area is 231 Å². The van der Waals surface area contributed by atoms with E-state index in [-0.39, 0.29) is 36.4 Å². The monoisotopic (exact) mass is 549 g/mol. The molecule has 0 bridgehead atoms. The molecule has 6 nitrogen and oxygen atoms in total. The van der Waals surface area contributed by atoms with Gasteiger partial charge < -0.3 is 13.8 Å². The second-order valence-corrected chi connectivity index (χ2v) is 15.1. The van der Waals surface area contributed by atoms with E-state index in [0.29, 0.717) is 29.2 Å². The molecule has 0 spiro atoms. The van der Waals surface area contributed by atoms with Gasteiger partial charge in [0.2, 0.25) is 5.85 Å². The minimum absolute atomic E-state index is 0.119. The van der Waals surface area contributed by atoms with Crippen molar-refractivity contribution >= 4 is 13.6 Å². The Balaban J connectivity index is 2.00. The lowest BCUT2D eigenvalue weighted by atomic mass is 9.76. The average Bonchev–Trinajstić information content (AvgIpc) is 2.85. The predicted octanol–water partition coefficient (Wildman–Crippen LogP) is 8.82. The van der Waals surface area contributed by atoms with E-state index >= 15 is 4.57 Å². The Morgan fingerprint density at radius 2 is 1.45 bits per heavy atom. The molecule has 1 aromatic heterocycles. The van der Waals surface area contributed by atoms with Crippen molar-refractivity contribution in [3.8, 4) is 0 Å². The quantitative estimate of drug-likeness (QED) is 0.203. The fourth-order valence-corrected chi connectivity index (χ4v) is 8.36. The summed E-state index contributed by atoms with van der Waals surface area (Å²) in [6, 6.07) is 3.58. The zero-order valence-electron chi connectivity index (χ0n) is 25.0. The lowest BCUT2D eigenvalue weighted by Crippen LogP contribution is -2.35. The van der Waals surface area contributed by atoms with Crippen LogP contribution in [0.1, 0.15) is 112 Å².